The van der Waals surface area contributed by atoms with E-state index in [0.29, 0.717) is 36.7 Å². The van der Waals surface area contributed by atoms with Gasteiger partial charge in [-0.05, 0) is 23.8 Å². The molecule has 1 saturated heterocycles. The lowest BCUT2D eigenvalue weighted by molar-refractivity contribution is 0.0847. The van der Waals surface area contributed by atoms with Crippen molar-refractivity contribution in [3.05, 3.63) is 70.8 Å². The zero-order valence-electron chi connectivity index (χ0n) is 18.3. The number of ether oxygens (including phenoxy) is 1. The van der Waals surface area contributed by atoms with Gasteiger partial charge in [-0.3, -0.25) is 14.2 Å². The Balaban J connectivity index is 1.51. The van der Waals surface area contributed by atoms with Crippen LogP contribution in [0.25, 0.3) is 22.0 Å². The van der Waals surface area contributed by atoms with Gasteiger partial charge < -0.3 is 14.7 Å². The molecule has 33 heavy (non-hydrogen) atoms. The molecule has 0 amide bonds. The van der Waals surface area contributed by atoms with Crippen LogP contribution in [0.5, 0.6) is 5.75 Å². The topological polar surface area (TPSA) is 85.4 Å². The minimum atomic E-state index is -1.44. The van der Waals surface area contributed by atoms with Crippen molar-refractivity contribution in [1.82, 2.24) is 19.3 Å². The molecule has 1 aliphatic heterocycles. The van der Waals surface area contributed by atoms with E-state index >= 15 is 0 Å². The summed E-state index contributed by atoms with van der Waals surface area (Å²) in [5, 5.41) is 10.1. The third-order valence-corrected chi connectivity index (χ3v) is 5.86. The third kappa shape index (κ3) is 3.95. The number of β-amino-alcohol motifs (C(OH)–C–C–N with tert-alkyl or cyclic N) is 1. The quantitative estimate of drug-likeness (QED) is 0.487. The van der Waals surface area contributed by atoms with E-state index in [4.69, 9.17) is 4.74 Å². The van der Waals surface area contributed by atoms with Crippen LogP contribution in [0.1, 0.15) is 12.5 Å². The minimum Gasteiger partial charge on any atom is -0.460 e. The van der Waals surface area contributed by atoms with Crippen LogP contribution in [0.3, 0.4) is 0 Å². The molecular formula is C24H24FN5O3. The van der Waals surface area contributed by atoms with Gasteiger partial charge in [0.05, 0.1) is 23.6 Å². The van der Waals surface area contributed by atoms with Gasteiger partial charge in [0.15, 0.2) is 0 Å². The van der Waals surface area contributed by atoms with Crippen LogP contribution in [0, 0.1) is 0 Å². The van der Waals surface area contributed by atoms with E-state index in [1.165, 1.54) is 6.92 Å². The highest BCUT2D eigenvalue weighted by Crippen LogP contribution is 2.26. The maximum Gasteiger partial charge on any atom is 0.274 e. The van der Waals surface area contributed by atoms with Crippen molar-refractivity contribution in [2.75, 3.05) is 18.0 Å². The van der Waals surface area contributed by atoms with Crippen molar-refractivity contribution in [3.8, 4) is 16.9 Å². The van der Waals surface area contributed by atoms with Crippen LogP contribution in [0.4, 0.5) is 10.3 Å². The molecule has 1 N–H and O–H groups in total. The molecule has 170 valence electrons. The molecule has 0 saturated carbocycles. The van der Waals surface area contributed by atoms with E-state index < -0.39 is 6.36 Å². The Bertz CT molecular complexity index is 1360. The number of hydrogen-bond acceptors (Lipinski definition) is 6. The molecule has 1 unspecified atom stereocenters. The Morgan fingerprint density at radius 1 is 1.15 bits per heavy atom. The molecule has 2 aromatic carbocycles. The number of alkyl halides is 1. The van der Waals surface area contributed by atoms with E-state index in [0.717, 1.165) is 22.2 Å². The summed E-state index contributed by atoms with van der Waals surface area (Å²) in [6.07, 6.45) is 1.72. The number of fused-ring (bicyclic) bond motifs is 1. The van der Waals surface area contributed by atoms with Crippen molar-refractivity contribution < 1.29 is 14.2 Å². The summed E-state index contributed by atoms with van der Waals surface area (Å²) in [4.78, 5) is 23.6. The highest BCUT2D eigenvalue weighted by atomic mass is 19.1. The average molecular weight is 449 g/mol. The lowest BCUT2D eigenvalue weighted by atomic mass is 10.1. The number of aliphatic hydroxyl groups excluding tert-OH is 1. The number of aliphatic hydroxyl groups is 1. The second-order valence-electron chi connectivity index (χ2n) is 8.22. The number of aromatic nitrogens is 4. The van der Waals surface area contributed by atoms with Crippen molar-refractivity contribution >= 4 is 16.9 Å². The molecular weight excluding hydrogens is 425 g/mol. The summed E-state index contributed by atoms with van der Waals surface area (Å²) in [5.74, 6) is 1.03. The van der Waals surface area contributed by atoms with Crippen LogP contribution in [0.2, 0.25) is 0 Å². The lowest BCUT2D eigenvalue weighted by Gasteiger charge is -2.35. The Morgan fingerprint density at radius 2 is 1.88 bits per heavy atom. The number of hydrogen-bond donors (Lipinski definition) is 1. The predicted molar refractivity (Wildman–Crippen MR) is 123 cm³/mol. The molecule has 2 aromatic heterocycles. The molecule has 3 heterocycles. The van der Waals surface area contributed by atoms with Gasteiger partial charge in [-0.25, -0.2) is 14.4 Å². The monoisotopic (exact) mass is 449 g/mol. The number of para-hydroxylation sites is 1. The van der Waals surface area contributed by atoms with Gasteiger partial charge in [0, 0.05) is 50.6 Å². The van der Waals surface area contributed by atoms with E-state index in [9.17, 15) is 14.3 Å². The molecule has 9 heteroatoms. The van der Waals surface area contributed by atoms with Crippen LogP contribution in [-0.2, 0) is 13.6 Å². The molecule has 1 fully saturated rings. The van der Waals surface area contributed by atoms with Crippen molar-refractivity contribution in [3.63, 3.8) is 0 Å². The maximum absolute atomic E-state index is 13.5. The SMILES string of the molecule is CC(F)Oc1ccccc1Cn1c2cc(-c3cnc(N4CC(O)C4)nc3)ccc2c(=O)n1C. The summed E-state index contributed by atoms with van der Waals surface area (Å²) in [5.41, 5.74) is 3.10. The first-order valence-corrected chi connectivity index (χ1v) is 10.7. The number of halogens is 1. The Hall–Kier alpha value is -3.72. The minimum absolute atomic E-state index is 0.114. The fourth-order valence-electron chi connectivity index (χ4n) is 4.08. The van der Waals surface area contributed by atoms with E-state index in [-0.39, 0.29) is 11.7 Å². The third-order valence-electron chi connectivity index (χ3n) is 5.86. The summed E-state index contributed by atoms with van der Waals surface area (Å²) in [7, 11) is 1.71. The highest BCUT2D eigenvalue weighted by molar-refractivity contribution is 5.84. The zero-order valence-corrected chi connectivity index (χ0v) is 18.3. The smallest absolute Gasteiger partial charge is 0.274 e. The van der Waals surface area contributed by atoms with Gasteiger partial charge in [0.1, 0.15) is 5.75 Å². The summed E-state index contributed by atoms with van der Waals surface area (Å²) in [6.45, 7) is 2.75. The van der Waals surface area contributed by atoms with Crippen LogP contribution >= 0.6 is 0 Å². The molecule has 0 aliphatic carbocycles. The predicted octanol–water partition coefficient (Wildman–Crippen LogP) is 2.72. The van der Waals surface area contributed by atoms with E-state index in [1.54, 1.807) is 42.3 Å². The fourth-order valence-corrected chi connectivity index (χ4v) is 4.08. The maximum atomic E-state index is 13.5. The number of nitrogens with zero attached hydrogens (tertiary/aromatic N) is 5. The molecule has 1 atom stereocenters. The summed E-state index contributed by atoms with van der Waals surface area (Å²) >= 11 is 0. The molecule has 4 aromatic rings. The molecule has 8 nitrogen and oxygen atoms in total. The standard InChI is InChI=1S/C24H24FN5O3/c1-15(25)33-22-6-4-3-5-17(22)12-30-21-9-16(7-8-20(21)23(32)28(30)2)18-10-26-24(27-11-18)29-13-19(31)14-29/h3-11,15,19,31H,12-14H2,1-2H3. The first-order chi connectivity index (χ1) is 15.9. The van der Waals surface area contributed by atoms with Gasteiger partial charge in [0.25, 0.3) is 5.56 Å². The highest BCUT2D eigenvalue weighted by Gasteiger charge is 2.26. The first-order valence-electron chi connectivity index (χ1n) is 10.7. The second kappa shape index (κ2) is 8.32. The normalized spacial score (nSPS) is 15.0. The number of rotatable bonds is 6. The molecule has 0 radical (unpaired) electrons. The Kier molecular flexibility index (Phi) is 5.33. The second-order valence-corrected chi connectivity index (χ2v) is 8.22. The van der Waals surface area contributed by atoms with Crippen molar-refractivity contribution in [1.29, 1.82) is 0 Å². The molecule has 1 aliphatic rings. The molecule has 0 bridgehead atoms. The van der Waals surface area contributed by atoms with Gasteiger partial charge in [0.2, 0.25) is 12.3 Å². The van der Waals surface area contributed by atoms with E-state index in [2.05, 4.69) is 9.97 Å². The Labute approximate surface area is 189 Å². The van der Waals surface area contributed by atoms with Gasteiger partial charge in [-0.15, -0.1) is 0 Å². The molecule has 5 rings (SSSR count). The van der Waals surface area contributed by atoms with Crippen molar-refractivity contribution in [2.45, 2.75) is 25.9 Å². The van der Waals surface area contributed by atoms with Crippen LogP contribution in [0.15, 0.2) is 59.7 Å². The first kappa shape index (κ1) is 21.1. The van der Waals surface area contributed by atoms with Gasteiger partial charge in [-0.2, -0.15) is 0 Å². The summed E-state index contributed by atoms with van der Waals surface area (Å²) in [6, 6.07) is 12.8. The van der Waals surface area contributed by atoms with Gasteiger partial charge >= 0.3 is 0 Å². The summed E-state index contributed by atoms with van der Waals surface area (Å²) < 4.78 is 22.2. The lowest BCUT2D eigenvalue weighted by Crippen LogP contribution is -2.51. The molecule has 0 spiro atoms. The average Bonchev–Trinajstić information content (AvgIpc) is 3.02. The fraction of sp³-hybridized carbons (Fsp3) is 0.292. The Morgan fingerprint density at radius 3 is 2.58 bits per heavy atom. The van der Waals surface area contributed by atoms with E-state index in [1.807, 2.05) is 33.8 Å². The zero-order chi connectivity index (χ0) is 23.1. The largest absolute Gasteiger partial charge is 0.460 e. The van der Waals surface area contributed by atoms with Crippen molar-refractivity contribution in [2.24, 2.45) is 7.05 Å². The van der Waals surface area contributed by atoms with Crippen LogP contribution in [-0.4, -0.2) is 50.0 Å². The van der Waals surface area contributed by atoms with Gasteiger partial charge in [-0.1, -0.05) is 24.3 Å². The number of anilines is 1. The van der Waals surface area contributed by atoms with Crippen LogP contribution < -0.4 is 15.2 Å². The number of benzene rings is 2.